The standard InChI is InChI=1S/C24H33N3O2S/c1-24(2,3)21-16-19(17-8-12-26(13-9-17)23(28)29)10-14-27(21)20-6-4-18(5-7-20)22-25-11-15-30-22/h4-7,11,15,17,19,21H,8-10,12-14,16H2,1-3H3,(H,28,29). The maximum Gasteiger partial charge on any atom is 0.407 e. The van der Waals surface area contributed by atoms with Crippen molar-refractivity contribution in [3.8, 4) is 10.6 Å². The molecule has 2 saturated heterocycles. The van der Waals surface area contributed by atoms with Crippen molar-refractivity contribution in [2.45, 2.75) is 52.5 Å². The Hall–Kier alpha value is -2.08. The van der Waals surface area contributed by atoms with Gasteiger partial charge < -0.3 is 14.9 Å². The minimum Gasteiger partial charge on any atom is -0.465 e. The van der Waals surface area contributed by atoms with Gasteiger partial charge in [-0.1, -0.05) is 20.8 Å². The molecule has 2 aliphatic rings. The fourth-order valence-corrected chi connectivity index (χ4v) is 5.92. The number of rotatable bonds is 3. The van der Waals surface area contributed by atoms with Crippen LogP contribution in [0.4, 0.5) is 10.5 Å². The lowest BCUT2D eigenvalue weighted by molar-refractivity contribution is 0.0959. The summed E-state index contributed by atoms with van der Waals surface area (Å²) < 4.78 is 0. The summed E-state index contributed by atoms with van der Waals surface area (Å²) in [4.78, 5) is 19.8. The number of thiazole rings is 1. The topological polar surface area (TPSA) is 56.7 Å². The van der Waals surface area contributed by atoms with Crippen LogP contribution < -0.4 is 4.90 Å². The number of benzene rings is 1. The highest BCUT2D eigenvalue weighted by molar-refractivity contribution is 7.13. The maximum atomic E-state index is 11.2. The molecule has 1 aromatic heterocycles. The van der Waals surface area contributed by atoms with E-state index >= 15 is 0 Å². The third-order valence-corrected chi connectivity index (χ3v) is 7.82. The Morgan fingerprint density at radius 2 is 1.73 bits per heavy atom. The van der Waals surface area contributed by atoms with E-state index in [4.69, 9.17) is 0 Å². The summed E-state index contributed by atoms with van der Waals surface area (Å²) in [6.07, 6.45) is 5.49. The number of hydrogen-bond acceptors (Lipinski definition) is 4. The van der Waals surface area contributed by atoms with E-state index in [0.717, 1.165) is 24.4 Å². The van der Waals surface area contributed by atoms with Gasteiger partial charge in [-0.25, -0.2) is 9.78 Å². The summed E-state index contributed by atoms with van der Waals surface area (Å²) in [5.41, 5.74) is 2.67. The fraction of sp³-hybridized carbons (Fsp3) is 0.583. The molecular weight excluding hydrogens is 394 g/mol. The molecule has 30 heavy (non-hydrogen) atoms. The van der Waals surface area contributed by atoms with Gasteiger partial charge in [0.15, 0.2) is 0 Å². The van der Waals surface area contributed by atoms with Crippen molar-refractivity contribution in [3.05, 3.63) is 35.8 Å². The van der Waals surface area contributed by atoms with Gasteiger partial charge in [-0.2, -0.15) is 0 Å². The summed E-state index contributed by atoms with van der Waals surface area (Å²) in [7, 11) is 0. The molecule has 1 N–H and O–H groups in total. The van der Waals surface area contributed by atoms with Crippen molar-refractivity contribution in [1.82, 2.24) is 9.88 Å². The summed E-state index contributed by atoms with van der Waals surface area (Å²) in [5, 5.41) is 12.3. The first-order valence-electron chi connectivity index (χ1n) is 11.1. The third-order valence-electron chi connectivity index (χ3n) is 7.00. The van der Waals surface area contributed by atoms with Crippen LogP contribution in [0.1, 0.15) is 46.5 Å². The number of amides is 1. The number of hydrogen-bond donors (Lipinski definition) is 1. The number of likely N-dealkylation sites (tertiary alicyclic amines) is 1. The van der Waals surface area contributed by atoms with Crippen molar-refractivity contribution in [3.63, 3.8) is 0 Å². The predicted octanol–water partition coefficient (Wildman–Crippen LogP) is 5.83. The van der Waals surface area contributed by atoms with E-state index in [0.29, 0.717) is 31.0 Å². The van der Waals surface area contributed by atoms with E-state index in [9.17, 15) is 9.90 Å². The molecule has 0 saturated carbocycles. The van der Waals surface area contributed by atoms with Gasteiger partial charge in [-0.05, 0) is 67.2 Å². The number of piperidine rings is 2. The monoisotopic (exact) mass is 427 g/mol. The first-order chi connectivity index (χ1) is 14.3. The Bertz CT molecular complexity index is 836. The van der Waals surface area contributed by atoms with E-state index in [1.165, 1.54) is 24.1 Å². The quantitative estimate of drug-likeness (QED) is 0.669. The molecular formula is C24H33N3O2S. The van der Waals surface area contributed by atoms with Crippen molar-refractivity contribution in [1.29, 1.82) is 0 Å². The fourth-order valence-electron chi connectivity index (χ4n) is 5.27. The minimum absolute atomic E-state index is 0.189. The van der Waals surface area contributed by atoms with E-state index in [2.05, 4.69) is 54.9 Å². The molecule has 0 bridgehead atoms. The zero-order valence-corrected chi connectivity index (χ0v) is 19.1. The Labute approximate surface area is 183 Å². The second kappa shape index (κ2) is 8.58. The van der Waals surface area contributed by atoms with Gasteiger partial charge in [-0.3, -0.25) is 0 Å². The molecule has 2 atom stereocenters. The summed E-state index contributed by atoms with van der Waals surface area (Å²) >= 11 is 1.68. The Morgan fingerprint density at radius 3 is 2.30 bits per heavy atom. The molecule has 0 aliphatic carbocycles. The van der Waals surface area contributed by atoms with Gasteiger partial charge in [0.25, 0.3) is 0 Å². The number of aromatic nitrogens is 1. The normalized spacial score (nSPS) is 23.6. The van der Waals surface area contributed by atoms with Crippen molar-refractivity contribution in [2.75, 3.05) is 24.5 Å². The highest BCUT2D eigenvalue weighted by atomic mass is 32.1. The van der Waals surface area contributed by atoms with Crippen molar-refractivity contribution >= 4 is 23.1 Å². The van der Waals surface area contributed by atoms with Crippen molar-refractivity contribution < 1.29 is 9.90 Å². The van der Waals surface area contributed by atoms with E-state index < -0.39 is 6.09 Å². The SMILES string of the molecule is CC(C)(C)C1CC(C2CCN(C(=O)O)CC2)CCN1c1ccc(-c2nccs2)cc1. The van der Waals surface area contributed by atoms with Gasteiger partial charge in [0.1, 0.15) is 5.01 Å². The van der Waals surface area contributed by atoms with Gasteiger partial charge in [0, 0.05) is 48.5 Å². The van der Waals surface area contributed by atoms with E-state index in [1.807, 2.05) is 11.6 Å². The third kappa shape index (κ3) is 4.48. The van der Waals surface area contributed by atoms with Gasteiger partial charge in [0.05, 0.1) is 0 Å². The molecule has 3 heterocycles. The van der Waals surface area contributed by atoms with Crippen LogP contribution in [0.3, 0.4) is 0 Å². The molecule has 0 spiro atoms. The number of carboxylic acid groups (broad SMARTS) is 1. The van der Waals surface area contributed by atoms with Crippen LogP contribution in [0.2, 0.25) is 0 Å². The lowest BCUT2D eigenvalue weighted by Crippen LogP contribution is -2.51. The minimum atomic E-state index is -0.767. The average Bonchev–Trinajstić information content (AvgIpc) is 3.28. The number of carbonyl (C=O) groups is 1. The van der Waals surface area contributed by atoms with Crippen LogP contribution in [0.15, 0.2) is 35.8 Å². The number of nitrogens with zero attached hydrogens (tertiary/aromatic N) is 3. The predicted molar refractivity (Wildman–Crippen MR) is 123 cm³/mol. The Balaban J connectivity index is 1.47. The average molecular weight is 428 g/mol. The molecule has 0 radical (unpaired) electrons. The highest BCUT2D eigenvalue weighted by Crippen LogP contribution is 2.42. The summed E-state index contributed by atoms with van der Waals surface area (Å²) in [5.74, 6) is 1.34. The highest BCUT2D eigenvalue weighted by Gasteiger charge is 2.39. The smallest absolute Gasteiger partial charge is 0.407 e. The van der Waals surface area contributed by atoms with Crippen LogP contribution >= 0.6 is 11.3 Å². The molecule has 2 aromatic rings. The van der Waals surface area contributed by atoms with E-state index in [-0.39, 0.29) is 5.41 Å². The Morgan fingerprint density at radius 1 is 1.07 bits per heavy atom. The first-order valence-corrected chi connectivity index (χ1v) is 12.0. The zero-order valence-electron chi connectivity index (χ0n) is 18.3. The van der Waals surface area contributed by atoms with Crippen LogP contribution in [-0.4, -0.2) is 46.8 Å². The summed E-state index contributed by atoms with van der Waals surface area (Å²) in [6, 6.07) is 9.38. The second-order valence-electron chi connectivity index (χ2n) is 9.85. The van der Waals surface area contributed by atoms with Crippen LogP contribution in [-0.2, 0) is 0 Å². The van der Waals surface area contributed by atoms with Gasteiger partial charge in [-0.15, -0.1) is 11.3 Å². The van der Waals surface area contributed by atoms with Crippen molar-refractivity contribution in [2.24, 2.45) is 17.3 Å². The van der Waals surface area contributed by atoms with Crippen LogP contribution in [0.5, 0.6) is 0 Å². The molecule has 6 heteroatoms. The molecule has 4 rings (SSSR count). The van der Waals surface area contributed by atoms with Gasteiger partial charge >= 0.3 is 6.09 Å². The maximum absolute atomic E-state index is 11.2. The summed E-state index contributed by atoms with van der Waals surface area (Å²) in [6.45, 7) is 9.51. The Kier molecular flexibility index (Phi) is 6.05. The molecule has 2 aliphatic heterocycles. The number of anilines is 1. The van der Waals surface area contributed by atoms with Gasteiger partial charge in [0.2, 0.25) is 0 Å². The second-order valence-corrected chi connectivity index (χ2v) is 10.7. The largest absolute Gasteiger partial charge is 0.465 e. The molecule has 162 valence electrons. The molecule has 1 aromatic carbocycles. The first kappa shape index (κ1) is 21.2. The lowest BCUT2D eigenvalue weighted by atomic mass is 9.71. The molecule has 1 amide bonds. The van der Waals surface area contributed by atoms with E-state index in [1.54, 1.807) is 16.2 Å². The van der Waals surface area contributed by atoms with Crippen LogP contribution in [0.25, 0.3) is 10.6 Å². The lowest BCUT2D eigenvalue weighted by Gasteiger charge is -2.49. The molecule has 5 nitrogen and oxygen atoms in total. The molecule has 2 unspecified atom stereocenters. The van der Waals surface area contributed by atoms with Crippen LogP contribution in [0, 0.1) is 17.3 Å². The zero-order chi connectivity index (χ0) is 21.3. The molecule has 2 fully saturated rings.